The zero-order valence-electron chi connectivity index (χ0n) is 8.44. The van der Waals surface area contributed by atoms with Gasteiger partial charge in [0.05, 0.1) is 11.2 Å². The number of furan rings is 1. The molecule has 1 heterocycles. The molecule has 0 radical (unpaired) electrons. The van der Waals surface area contributed by atoms with Crippen LogP contribution in [0.25, 0.3) is 11.3 Å². The van der Waals surface area contributed by atoms with E-state index in [9.17, 15) is 14.5 Å². The second-order valence-corrected chi connectivity index (χ2v) is 3.35. The lowest BCUT2D eigenvalue weighted by Gasteiger charge is -2.03. The molecular weight excluding hydrogens is 213 g/mol. The number of nitrogens with zero attached hydrogens (tertiary/aromatic N) is 1. The van der Waals surface area contributed by atoms with Crippen LogP contribution in [0.3, 0.4) is 0 Å². The molecule has 0 aliphatic heterocycles. The predicted octanol–water partition coefficient (Wildman–Crippen LogP) is 3.30. The molecule has 82 valence electrons. The molecule has 1 aromatic heterocycles. The van der Waals surface area contributed by atoms with E-state index in [1.54, 1.807) is 19.1 Å². The minimum atomic E-state index is -0.859. The first kappa shape index (κ1) is 10.4. The van der Waals surface area contributed by atoms with Gasteiger partial charge in [-0.15, -0.1) is 0 Å². The summed E-state index contributed by atoms with van der Waals surface area (Å²) >= 11 is 0. The number of hydrogen-bond donors (Lipinski definition) is 0. The highest BCUT2D eigenvalue weighted by molar-refractivity contribution is 5.64. The van der Waals surface area contributed by atoms with Gasteiger partial charge in [-0.1, -0.05) is 0 Å². The molecule has 2 rings (SSSR count). The molecule has 0 spiro atoms. The average molecular weight is 221 g/mol. The lowest BCUT2D eigenvalue weighted by atomic mass is 10.1. The Morgan fingerprint density at radius 2 is 2.19 bits per heavy atom. The summed E-state index contributed by atoms with van der Waals surface area (Å²) in [5, 5.41) is 10.5. The van der Waals surface area contributed by atoms with Gasteiger partial charge in [0.25, 0.3) is 0 Å². The van der Waals surface area contributed by atoms with Crippen molar-refractivity contribution < 1.29 is 13.7 Å². The van der Waals surface area contributed by atoms with Crippen molar-refractivity contribution in [2.75, 3.05) is 0 Å². The number of hydrogen-bond acceptors (Lipinski definition) is 3. The predicted molar refractivity (Wildman–Crippen MR) is 55.5 cm³/mol. The van der Waals surface area contributed by atoms with Crippen LogP contribution in [0.1, 0.15) is 5.56 Å². The molecule has 0 unspecified atom stereocenters. The Morgan fingerprint density at radius 3 is 2.75 bits per heavy atom. The lowest BCUT2D eigenvalue weighted by molar-refractivity contribution is -0.387. The second-order valence-electron chi connectivity index (χ2n) is 3.35. The van der Waals surface area contributed by atoms with Crippen molar-refractivity contribution >= 4 is 5.69 Å². The Kier molecular flexibility index (Phi) is 2.44. The quantitative estimate of drug-likeness (QED) is 0.577. The summed E-state index contributed by atoms with van der Waals surface area (Å²) in [6, 6.07) is 5.67. The molecule has 1 aromatic carbocycles. The van der Waals surface area contributed by atoms with Crippen LogP contribution < -0.4 is 0 Å². The van der Waals surface area contributed by atoms with Gasteiger partial charge in [0.2, 0.25) is 5.82 Å². The fourth-order valence-corrected chi connectivity index (χ4v) is 1.50. The van der Waals surface area contributed by atoms with E-state index in [4.69, 9.17) is 4.42 Å². The molecule has 0 amide bonds. The van der Waals surface area contributed by atoms with E-state index in [1.165, 1.54) is 12.3 Å². The van der Waals surface area contributed by atoms with Gasteiger partial charge in [-0.05, 0) is 30.7 Å². The summed E-state index contributed by atoms with van der Waals surface area (Å²) in [5.74, 6) is -0.367. The van der Waals surface area contributed by atoms with Crippen LogP contribution in [0, 0.1) is 22.9 Å². The van der Waals surface area contributed by atoms with Crippen molar-refractivity contribution in [1.29, 1.82) is 0 Å². The maximum Gasteiger partial charge on any atom is 0.305 e. The lowest BCUT2D eigenvalue weighted by Crippen LogP contribution is -1.94. The second kappa shape index (κ2) is 3.77. The molecule has 0 saturated heterocycles. The van der Waals surface area contributed by atoms with E-state index < -0.39 is 16.4 Å². The average Bonchev–Trinajstić information content (AvgIpc) is 2.73. The zero-order valence-corrected chi connectivity index (χ0v) is 8.44. The van der Waals surface area contributed by atoms with Crippen LogP contribution in [0.2, 0.25) is 0 Å². The summed E-state index contributed by atoms with van der Waals surface area (Å²) in [5.41, 5.74) is 0.601. The van der Waals surface area contributed by atoms with Crippen LogP contribution in [0.15, 0.2) is 34.9 Å². The van der Waals surface area contributed by atoms with Gasteiger partial charge in [-0.2, -0.15) is 4.39 Å². The van der Waals surface area contributed by atoms with Gasteiger partial charge in [-0.25, -0.2) is 0 Å². The summed E-state index contributed by atoms with van der Waals surface area (Å²) in [4.78, 5) is 9.77. The molecule has 0 fully saturated rings. The van der Waals surface area contributed by atoms with E-state index in [1.807, 2.05) is 0 Å². The third-order valence-corrected chi connectivity index (χ3v) is 2.28. The Bertz CT molecular complexity index is 534. The van der Waals surface area contributed by atoms with Gasteiger partial charge >= 0.3 is 5.69 Å². The highest BCUT2D eigenvalue weighted by Crippen LogP contribution is 2.29. The molecule has 0 aliphatic carbocycles. The Morgan fingerprint density at radius 1 is 1.44 bits per heavy atom. The molecule has 0 bridgehead atoms. The molecule has 0 aliphatic rings. The molecule has 2 aromatic rings. The van der Waals surface area contributed by atoms with E-state index in [-0.39, 0.29) is 0 Å². The first-order chi connectivity index (χ1) is 7.59. The Hall–Kier alpha value is -2.17. The van der Waals surface area contributed by atoms with Crippen molar-refractivity contribution in [3.05, 3.63) is 52.0 Å². The van der Waals surface area contributed by atoms with Gasteiger partial charge < -0.3 is 4.42 Å². The van der Waals surface area contributed by atoms with E-state index >= 15 is 0 Å². The molecular formula is C11H8FNO3. The summed E-state index contributed by atoms with van der Waals surface area (Å²) < 4.78 is 18.5. The summed E-state index contributed by atoms with van der Waals surface area (Å²) in [6.45, 7) is 1.67. The monoisotopic (exact) mass is 221 g/mol. The van der Waals surface area contributed by atoms with Crippen molar-refractivity contribution in [2.24, 2.45) is 0 Å². The first-order valence-electron chi connectivity index (χ1n) is 4.58. The molecule has 0 saturated carbocycles. The van der Waals surface area contributed by atoms with Gasteiger partial charge in [-0.3, -0.25) is 10.1 Å². The summed E-state index contributed by atoms with van der Waals surface area (Å²) in [7, 11) is 0. The first-order valence-corrected chi connectivity index (χ1v) is 4.58. The maximum atomic E-state index is 13.4. The van der Waals surface area contributed by atoms with E-state index in [0.717, 1.165) is 6.07 Å². The number of nitro groups is 1. The van der Waals surface area contributed by atoms with Crippen LogP contribution in [0.5, 0.6) is 0 Å². The molecule has 0 atom stereocenters. The fraction of sp³-hybridized carbons (Fsp3) is 0.0909. The SMILES string of the molecule is Cc1cc([N+](=O)[O-])c(F)cc1-c1ccco1. The highest BCUT2D eigenvalue weighted by Gasteiger charge is 2.17. The van der Waals surface area contributed by atoms with E-state index in [0.29, 0.717) is 16.9 Å². The Balaban J connectivity index is 2.59. The maximum absolute atomic E-state index is 13.4. The van der Waals surface area contributed by atoms with E-state index in [2.05, 4.69) is 0 Å². The number of rotatable bonds is 2. The molecule has 5 heteroatoms. The van der Waals surface area contributed by atoms with Crippen molar-refractivity contribution in [2.45, 2.75) is 6.92 Å². The number of aryl methyl sites for hydroxylation is 1. The fourth-order valence-electron chi connectivity index (χ4n) is 1.50. The van der Waals surface area contributed by atoms with Crippen LogP contribution >= 0.6 is 0 Å². The normalized spacial score (nSPS) is 10.4. The zero-order chi connectivity index (χ0) is 11.7. The van der Waals surface area contributed by atoms with Crippen LogP contribution in [-0.4, -0.2) is 4.92 Å². The molecule has 4 nitrogen and oxygen atoms in total. The molecule has 0 N–H and O–H groups in total. The van der Waals surface area contributed by atoms with Gasteiger partial charge in [0.1, 0.15) is 5.76 Å². The van der Waals surface area contributed by atoms with Crippen LogP contribution in [0.4, 0.5) is 10.1 Å². The Labute approximate surface area is 90.5 Å². The minimum Gasteiger partial charge on any atom is -0.464 e. The van der Waals surface area contributed by atoms with Crippen LogP contribution in [-0.2, 0) is 0 Å². The third kappa shape index (κ3) is 1.67. The standard InChI is InChI=1S/C11H8FNO3/c1-7-5-10(13(14)15)9(12)6-8(7)11-3-2-4-16-11/h2-6H,1H3. The molecule has 16 heavy (non-hydrogen) atoms. The number of benzene rings is 1. The van der Waals surface area contributed by atoms with Crippen molar-refractivity contribution in [1.82, 2.24) is 0 Å². The third-order valence-electron chi connectivity index (χ3n) is 2.28. The summed E-state index contributed by atoms with van der Waals surface area (Å²) in [6.07, 6.45) is 1.47. The minimum absolute atomic E-state index is 0.492. The number of nitro benzene ring substituents is 1. The largest absolute Gasteiger partial charge is 0.464 e. The van der Waals surface area contributed by atoms with Gasteiger partial charge in [0.15, 0.2) is 0 Å². The highest BCUT2D eigenvalue weighted by atomic mass is 19.1. The van der Waals surface area contributed by atoms with Crippen molar-refractivity contribution in [3.63, 3.8) is 0 Å². The van der Waals surface area contributed by atoms with Gasteiger partial charge in [0, 0.05) is 11.6 Å². The smallest absolute Gasteiger partial charge is 0.305 e. The topological polar surface area (TPSA) is 56.3 Å². The van der Waals surface area contributed by atoms with Crippen molar-refractivity contribution in [3.8, 4) is 11.3 Å². The number of halogens is 1.